The second-order valence-electron chi connectivity index (χ2n) is 4.10. The van der Waals surface area contributed by atoms with Gasteiger partial charge in [0.05, 0.1) is 6.42 Å². The Morgan fingerprint density at radius 3 is 2.69 bits per heavy atom. The number of carboxylic acid groups (broad SMARTS) is 1. The van der Waals surface area contributed by atoms with Crippen LogP contribution in [0.4, 0.5) is 0 Å². The van der Waals surface area contributed by atoms with E-state index in [4.69, 9.17) is 5.11 Å². The maximum Gasteiger partial charge on any atom is 0.305 e. The molecule has 0 atom stereocenters. The summed E-state index contributed by atoms with van der Waals surface area (Å²) >= 11 is 0. The van der Waals surface area contributed by atoms with Gasteiger partial charge in [-0.1, -0.05) is 0 Å². The van der Waals surface area contributed by atoms with Gasteiger partial charge in [-0.3, -0.25) is 9.59 Å². The minimum atomic E-state index is -0.953. The molecule has 0 unspecified atom stereocenters. The summed E-state index contributed by atoms with van der Waals surface area (Å²) in [6, 6.07) is 0. The summed E-state index contributed by atoms with van der Waals surface area (Å²) in [5.41, 5.74) is -0.774. The van der Waals surface area contributed by atoms with Gasteiger partial charge in [-0.2, -0.15) is 5.10 Å². The molecule has 7 heteroatoms. The first kappa shape index (κ1) is 12.2. The SMILES string of the molecule is CC(C)(CC(=O)O)NC(=O)Cn1cncn1. The Morgan fingerprint density at radius 1 is 1.50 bits per heavy atom. The standard InChI is InChI=1S/C9H14N4O3/c1-9(2,3-8(15)16)12-7(14)4-13-6-10-5-11-13/h5-6H,3-4H2,1-2H3,(H,12,14)(H,15,16). The molecule has 1 aromatic rings. The van der Waals surface area contributed by atoms with Gasteiger partial charge in [0.1, 0.15) is 19.2 Å². The van der Waals surface area contributed by atoms with Crippen LogP contribution in [0.5, 0.6) is 0 Å². The molecule has 1 aromatic heterocycles. The molecule has 0 radical (unpaired) electrons. The topological polar surface area (TPSA) is 97.1 Å². The number of aliphatic carboxylic acids is 1. The number of carboxylic acids is 1. The molecule has 1 amide bonds. The molecular weight excluding hydrogens is 212 g/mol. The molecule has 0 fully saturated rings. The Balaban J connectivity index is 2.47. The minimum absolute atomic E-state index is 0.0308. The number of nitrogens with zero attached hydrogens (tertiary/aromatic N) is 3. The van der Waals surface area contributed by atoms with Gasteiger partial charge >= 0.3 is 5.97 Å². The van der Waals surface area contributed by atoms with Gasteiger partial charge < -0.3 is 10.4 Å². The Labute approximate surface area is 92.5 Å². The molecule has 2 N–H and O–H groups in total. The molecule has 0 saturated carbocycles. The normalized spacial score (nSPS) is 11.1. The van der Waals surface area contributed by atoms with Gasteiger partial charge in [0, 0.05) is 5.54 Å². The smallest absolute Gasteiger partial charge is 0.305 e. The Bertz CT molecular complexity index is 372. The van der Waals surface area contributed by atoms with Gasteiger partial charge in [0.15, 0.2) is 0 Å². The summed E-state index contributed by atoms with van der Waals surface area (Å²) in [5.74, 6) is -1.25. The second kappa shape index (κ2) is 4.73. The fourth-order valence-electron chi connectivity index (χ4n) is 1.30. The largest absolute Gasteiger partial charge is 0.481 e. The quantitative estimate of drug-likeness (QED) is 0.715. The predicted octanol–water partition coefficient (Wildman–Crippen LogP) is -0.352. The van der Waals surface area contributed by atoms with E-state index in [0.717, 1.165) is 0 Å². The van der Waals surface area contributed by atoms with E-state index in [9.17, 15) is 9.59 Å². The van der Waals surface area contributed by atoms with Crippen molar-refractivity contribution >= 4 is 11.9 Å². The third kappa shape index (κ3) is 4.07. The Kier molecular flexibility index (Phi) is 3.60. The maximum absolute atomic E-state index is 11.5. The van der Waals surface area contributed by atoms with Gasteiger partial charge in [0.2, 0.25) is 5.91 Å². The first-order valence-electron chi connectivity index (χ1n) is 4.74. The third-order valence-corrected chi connectivity index (χ3v) is 1.84. The van der Waals surface area contributed by atoms with Crippen LogP contribution < -0.4 is 5.32 Å². The lowest BCUT2D eigenvalue weighted by Crippen LogP contribution is -2.46. The van der Waals surface area contributed by atoms with E-state index in [1.54, 1.807) is 13.8 Å². The molecule has 0 spiro atoms. The molecule has 7 nitrogen and oxygen atoms in total. The highest BCUT2D eigenvalue weighted by Gasteiger charge is 2.23. The zero-order valence-electron chi connectivity index (χ0n) is 9.17. The van der Waals surface area contributed by atoms with E-state index in [0.29, 0.717) is 0 Å². The summed E-state index contributed by atoms with van der Waals surface area (Å²) in [6.45, 7) is 3.34. The Morgan fingerprint density at radius 2 is 2.19 bits per heavy atom. The first-order valence-corrected chi connectivity index (χ1v) is 4.74. The number of hydrogen-bond donors (Lipinski definition) is 2. The lowest BCUT2D eigenvalue weighted by atomic mass is 10.0. The van der Waals surface area contributed by atoms with Crippen molar-refractivity contribution in [2.45, 2.75) is 32.4 Å². The minimum Gasteiger partial charge on any atom is -0.481 e. The van der Waals surface area contributed by atoms with E-state index in [-0.39, 0.29) is 18.9 Å². The zero-order valence-corrected chi connectivity index (χ0v) is 9.17. The lowest BCUT2D eigenvalue weighted by Gasteiger charge is -2.24. The number of carbonyl (C=O) groups is 2. The highest BCUT2D eigenvalue weighted by Crippen LogP contribution is 2.07. The summed E-state index contributed by atoms with van der Waals surface area (Å²) in [6.07, 6.45) is 2.62. The zero-order chi connectivity index (χ0) is 12.2. The van der Waals surface area contributed by atoms with E-state index >= 15 is 0 Å². The van der Waals surface area contributed by atoms with Gasteiger partial charge in [-0.25, -0.2) is 9.67 Å². The summed E-state index contributed by atoms with van der Waals surface area (Å²) in [5, 5.41) is 15.0. The van der Waals surface area contributed by atoms with Crippen LogP contribution in [0.15, 0.2) is 12.7 Å². The van der Waals surface area contributed by atoms with Gasteiger partial charge in [-0.15, -0.1) is 0 Å². The molecule has 0 aliphatic carbocycles. The second-order valence-corrected chi connectivity index (χ2v) is 4.10. The van der Waals surface area contributed by atoms with Gasteiger partial charge in [-0.05, 0) is 13.8 Å². The number of aromatic nitrogens is 3. The Hall–Kier alpha value is -1.92. The average Bonchev–Trinajstić information content (AvgIpc) is 2.51. The third-order valence-electron chi connectivity index (χ3n) is 1.84. The first-order chi connectivity index (χ1) is 7.39. The van der Waals surface area contributed by atoms with Crippen LogP contribution in [-0.2, 0) is 16.1 Å². The lowest BCUT2D eigenvalue weighted by molar-refractivity contribution is -0.138. The summed E-state index contributed by atoms with van der Waals surface area (Å²) in [7, 11) is 0. The van der Waals surface area contributed by atoms with Crippen molar-refractivity contribution in [2.75, 3.05) is 0 Å². The molecule has 1 heterocycles. The van der Waals surface area contributed by atoms with E-state index in [1.807, 2.05) is 0 Å². The van der Waals surface area contributed by atoms with Crippen LogP contribution in [0.25, 0.3) is 0 Å². The van der Waals surface area contributed by atoms with Crippen LogP contribution in [0.3, 0.4) is 0 Å². The number of hydrogen-bond acceptors (Lipinski definition) is 4. The predicted molar refractivity (Wildman–Crippen MR) is 54.5 cm³/mol. The number of nitrogens with one attached hydrogen (secondary N) is 1. The van der Waals surface area contributed by atoms with Crippen LogP contribution in [0, 0.1) is 0 Å². The maximum atomic E-state index is 11.5. The molecule has 0 aromatic carbocycles. The molecule has 1 rings (SSSR count). The molecule has 0 aliphatic heterocycles. The summed E-state index contributed by atoms with van der Waals surface area (Å²) < 4.78 is 1.37. The van der Waals surface area contributed by atoms with Crippen LogP contribution >= 0.6 is 0 Å². The van der Waals surface area contributed by atoms with Crippen LogP contribution in [-0.4, -0.2) is 37.3 Å². The fraction of sp³-hybridized carbons (Fsp3) is 0.556. The van der Waals surface area contributed by atoms with Crippen molar-refractivity contribution in [3.05, 3.63) is 12.7 Å². The van der Waals surface area contributed by atoms with Crippen molar-refractivity contribution in [1.82, 2.24) is 20.1 Å². The monoisotopic (exact) mass is 226 g/mol. The number of carbonyl (C=O) groups excluding carboxylic acids is 1. The molecule has 0 bridgehead atoms. The molecule has 0 aliphatic rings. The molecule has 16 heavy (non-hydrogen) atoms. The van der Waals surface area contributed by atoms with Crippen molar-refractivity contribution < 1.29 is 14.7 Å². The van der Waals surface area contributed by atoms with Crippen molar-refractivity contribution in [3.8, 4) is 0 Å². The van der Waals surface area contributed by atoms with Crippen molar-refractivity contribution in [2.24, 2.45) is 0 Å². The molecular formula is C9H14N4O3. The molecule has 0 saturated heterocycles. The van der Waals surface area contributed by atoms with Crippen LogP contribution in [0.2, 0.25) is 0 Å². The van der Waals surface area contributed by atoms with Crippen molar-refractivity contribution in [1.29, 1.82) is 0 Å². The number of rotatable bonds is 5. The van der Waals surface area contributed by atoms with E-state index in [2.05, 4.69) is 15.4 Å². The fourth-order valence-corrected chi connectivity index (χ4v) is 1.30. The van der Waals surface area contributed by atoms with E-state index < -0.39 is 11.5 Å². The van der Waals surface area contributed by atoms with E-state index in [1.165, 1.54) is 17.3 Å². The summed E-state index contributed by atoms with van der Waals surface area (Å²) in [4.78, 5) is 25.7. The molecule has 88 valence electrons. The van der Waals surface area contributed by atoms with Crippen molar-refractivity contribution in [3.63, 3.8) is 0 Å². The average molecular weight is 226 g/mol. The van der Waals surface area contributed by atoms with Gasteiger partial charge in [0.25, 0.3) is 0 Å². The number of amides is 1. The highest BCUT2D eigenvalue weighted by atomic mass is 16.4. The highest BCUT2D eigenvalue weighted by molar-refractivity contribution is 5.77. The van der Waals surface area contributed by atoms with Crippen LogP contribution in [0.1, 0.15) is 20.3 Å².